The molecule has 0 aliphatic rings. The lowest BCUT2D eigenvalue weighted by atomic mass is 9.94. The summed E-state index contributed by atoms with van der Waals surface area (Å²) in [6, 6.07) is 5.71. The zero-order chi connectivity index (χ0) is 16.0. The van der Waals surface area contributed by atoms with Crippen molar-refractivity contribution in [1.29, 1.82) is 0 Å². The van der Waals surface area contributed by atoms with Crippen molar-refractivity contribution in [3.63, 3.8) is 0 Å². The van der Waals surface area contributed by atoms with Gasteiger partial charge in [0.05, 0.1) is 19.3 Å². The molecule has 0 saturated heterocycles. The van der Waals surface area contributed by atoms with Crippen LogP contribution < -0.4 is 14.8 Å². The fourth-order valence-corrected chi connectivity index (χ4v) is 1.83. The molecule has 0 saturated carbocycles. The van der Waals surface area contributed by atoms with Gasteiger partial charge in [0, 0.05) is 5.41 Å². The van der Waals surface area contributed by atoms with Crippen molar-refractivity contribution in [2.45, 2.75) is 47.6 Å². The Labute approximate surface area is 127 Å². The maximum Gasteiger partial charge on any atom is 0.225 e. The summed E-state index contributed by atoms with van der Waals surface area (Å²) in [4.78, 5) is 12.1. The first-order valence-corrected chi connectivity index (χ1v) is 7.50. The predicted molar refractivity (Wildman–Crippen MR) is 84.8 cm³/mol. The number of nitrogens with one attached hydrogen (secondary N) is 1. The van der Waals surface area contributed by atoms with Crippen LogP contribution in [0.4, 0.5) is 0 Å². The van der Waals surface area contributed by atoms with Gasteiger partial charge in [-0.05, 0) is 38.5 Å². The van der Waals surface area contributed by atoms with E-state index in [0.717, 1.165) is 11.3 Å². The van der Waals surface area contributed by atoms with Gasteiger partial charge in [0.15, 0.2) is 11.5 Å². The smallest absolute Gasteiger partial charge is 0.225 e. The highest BCUT2D eigenvalue weighted by molar-refractivity contribution is 5.81. The van der Waals surface area contributed by atoms with E-state index < -0.39 is 5.41 Å². The quantitative estimate of drug-likeness (QED) is 0.870. The van der Waals surface area contributed by atoms with Gasteiger partial charge in [-0.1, -0.05) is 26.8 Å². The van der Waals surface area contributed by atoms with Crippen LogP contribution in [0, 0.1) is 5.41 Å². The van der Waals surface area contributed by atoms with Gasteiger partial charge in [0.2, 0.25) is 5.91 Å². The van der Waals surface area contributed by atoms with Crippen LogP contribution in [0.5, 0.6) is 11.5 Å². The molecule has 1 aromatic carbocycles. The summed E-state index contributed by atoms with van der Waals surface area (Å²) in [7, 11) is 0. The molecule has 1 aromatic rings. The topological polar surface area (TPSA) is 47.6 Å². The van der Waals surface area contributed by atoms with Crippen LogP contribution in [-0.4, -0.2) is 19.1 Å². The summed E-state index contributed by atoms with van der Waals surface area (Å²) in [5.41, 5.74) is 0.599. The highest BCUT2D eigenvalue weighted by atomic mass is 16.5. The SMILES string of the molecule is CCOc1ccc(C(C)NC(=O)C(C)(C)C)cc1OCC. The number of carbonyl (C=O) groups is 1. The Morgan fingerprint density at radius 2 is 1.71 bits per heavy atom. The third-order valence-corrected chi connectivity index (χ3v) is 3.10. The second kappa shape index (κ2) is 7.34. The summed E-state index contributed by atoms with van der Waals surface area (Å²) >= 11 is 0. The molecule has 4 heteroatoms. The molecule has 0 radical (unpaired) electrons. The molecule has 0 aliphatic heterocycles. The molecule has 1 rings (SSSR count). The molecular formula is C17H27NO3. The van der Waals surface area contributed by atoms with Crippen molar-refractivity contribution >= 4 is 5.91 Å². The van der Waals surface area contributed by atoms with Crippen LogP contribution in [0.1, 0.15) is 53.1 Å². The monoisotopic (exact) mass is 293 g/mol. The molecule has 118 valence electrons. The Balaban J connectivity index is 2.92. The van der Waals surface area contributed by atoms with Crippen molar-refractivity contribution in [2.75, 3.05) is 13.2 Å². The largest absolute Gasteiger partial charge is 0.490 e. The first-order valence-electron chi connectivity index (χ1n) is 7.50. The second-order valence-electron chi connectivity index (χ2n) is 6.02. The van der Waals surface area contributed by atoms with Gasteiger partial charge in [-0.25, -0.2) is 0 Å². The minimum absolute atomic E-state index is 0.0295. The van der Waals surface area contributed by atoms with Gasteiger partial charge in [0.1, 0.15) is 0 Å². The fourth-order valence-electron chi connectivity index (χ4n) is 1.83. The van der Waals surface area contributed by atoms with E-state index in [0.29, 0.717) is 19.0 Å². The van der Waals surface area contributed by atoms with E-state index in [1.807, 2.05) is 59.7 Å². The van der Waals surface area contributed by atoms with Crippen molar-refractivity contribution in [2.24, 2.45) is 5.41 Å². The summed E-state index contributed by atoms with van der Waals surface area (Å²) < 4.78 is 11.2. The molecule has 4 nitrogen and oxygen atoms in total. The number of amides is 1. The lowest BCUT2D eigenvalue weighted by molar-refractivity contribution is -0.129. The van der Waals surface area contributed by atoms with E-state index in [1.54, 1.807) is 0 Å². The van der Waals surface area contributed by atoms with Gasteiger partial charge in [-0.15, -0.1) is 0 Å². The van der Waals surface area contributed by atoms with Gasteiger partial charge in [0.25, 0.3) is 0 Å². The van der Waals surface area contributed by atoms with Crippen molar-refractivity contribution in [3.8, 4) is 11.5 Å². The van der Waals surface area contributed by atoms with Gasteiger partial charge in [-0.3, -0.25) is 4.79 Å². The standard InChI is InChI=1S/C17H27NO3/c1-7-20-14-10-9-13(11-15(14)21-8-2)12(3)18-16(19)17(4,5)6/h9-12H,7-8H2,1-6H3,(H,18,19). The van der Waals surface area contributed by atoms with E-state index in [1.165, 1.54) is 0 Å². The molecule has 0 aliphatic carbocycles. The van der Waals surface area contributed by atoms with E-state index in [2.05, 4.69) is 5.32 Å². The summed E-state index contributed by atoms with van der Waals surface area (Å²) in [6.07, 6.45) is 0. The molecule has 0 heterocycles. The van der Waals surface area contributed by atoms with Crippen molar-refractivity contribution < 1.29 is 14.3 Å². The first kappa shape index (κ1) is 17.3. The molecule has 21 heavy (non-hydrogen) atoms. The van der Waals surface area contributed by atoms with Gasteiger partial charge < -0.3 is 14.8 Å². The highest BCUT2D eigenvalue weighted by Gasteiger charge is 2.23. The molecule has 0 fully saturated rings. The minimum atomic E-state index is -0.401. The Morgan fingerprint density at radius 1 is 1.14 bits per heavy atom. The third-order valence-electron chi connectivity index (χ3n) is 3.10. The molecule has 1 atom stereocenters. The van der Waals surface area contributed by atoms with E-state index in [4.69, 9.17) is 9.47 Å². The molecular weight excluding hydrogens is 266 g/mol. The average molecular weight is 293 g/mol. The van der Waals surface area contributed by atoms with E-state index in [9.17, 15) is 4.79 Å². The molecule has 0 spiro atoms. The number of hydrogen-bond acceptors (Lipinski definition) is 3. The minimum Gasteiger partial charge on any atom is -0.490 e. The summed E-state index contributed by atoms with van der Waals surface area (Å²) in [5, 5.41) is 3.02. The Hall–Kier alpha value is -1.71. The zero-order valence-electron chi connectivity index (χ0n) is 13.9. The van der Waals surface area contributed by atoms with Gasteiger partial charge >= 0.3 is 0 Å². The Bertz CT molecular complexity index is 477. The second-order valence-corrected chi connectivity index (χ2v) is 6.02. The molecule has 0 aromatic heterocycles. The lowest BCUT2D eigenvalue weighted by Crippen LogP contribution is -2.36. The number of hydrogen-bond donors (Lipinski definition) is 1. The number of rotatable bonds is 6. The Kier molecular flexibility index (Phi) is 6.06. The molecule has 1 N–H and O–H groups in total. The van der Waals surface area contributed by atoms with Crippen LogP contribution in [0.3, 0.4) is 0 Å². The summed E-state index contributed by atoms with van der Waals surface area (Å²) in [5.74, 6) is 1.48. The van der Waals surface area contributed by atoms with Crippen molar-refractivity contribution in [1.82, 2.24) is 5.32 Å². The highest BCUT2D eigenvalue weighted by Crippen LogP contribution is 2.31. The van der Waals surface area contributed by atoms with E-state index >= 15 is 0 Å². The van der Waals surface area contributed by atoms with Crippen LogP contribution in [-0.2, 0) is 4.79 Å². The lowest BCUT2D eigenvalue weighted by Gasteiger charge is -2.23. The predicted octanol–water partition coefficient (Wildman–Crippen LogP) is 3.71. The van der Waals surface area contributed by atoms with Crippen LogP contribution >= 0.6 is 0 Å². The maximum absolute atomic E-state index is 12.1. The van der Waals surface area contributed by atoms with Crippen LogP contribution in [0.15, 0.2) is 18.2 Å². The number of carbonyl (C=O) groups excluding carboxylic acids is 1. The third kappa shape index (κ3) is 4.96. The maximum atomic E-state index is 12.1. The van der Waals surface area contributed by atoms with Gasteiger partial charge in [-0.2, -0.15) is 0 Å². The summed E-state index contributed by atoms with van der Waals surface area (Å²) in [6.45, 7) is 12.7. The molecule has 1 amide bonds. The number of benzene rings is 1. The Morgan fingerprint density at radius 3 is 2.24 bits per heavy atom. The van der Waals surface area contributed by atoms with Crippen LogP contribution in [0.25, 0.3) is 0 Å². The zero-order valence-corrected chi connectivity index (χ0v) is 13.9. The van der Waals surface area contributed by atoms with Crippen LogP contribution in [0.2, 0.25) is 0 Å². The average Bonchev–Trinajstić information content (AvgIpc) is 2.40. The fraction of sp³-hybridized carbons (Fsp3) is 0.588. The van der Waals surface area contributed by atoms with E-state index in [-0.39, 0.29) is 11.9 Å². The first-order chi connectivity index (χ1) is 9.79. The molecule has 1 unspecified atom stereocenters. The van der Waals surface area contributed by atoms with Crippen molar-refractivity contribution in [3.05, 3.63) is 23.8 Å². The molecule has 0 bridgehead atoms. The number of ether oxygens (including phenoxy) is 2. The normalized spacial score (nSPS) is 12.7.